The quantitative estimate of drug-likeness (QED) is 0.389. The smallest absolute Gasteiger partial charge is 0.416 e. The number of benzene rings is 2. The molecule has 0 saturated carbocycles. The fourth-order valence-electron chi connectivity index (χ4n) is 3.49. The summed E-state index contributed by atoms with van der Waals surface area (Å²) in [6, 6.07) is 7.11. The van der Waals surface area contributed by atoms with Crippen molar-refractivity contribution in [3.05, 3.63) is 58.1 Å². The summed E-state index contributed by atoms with van der Waals surface area (Å²) in [7, 11) is 3.20. The Morgan fingerprint density at radius 2 is 1.94 bits per heavy atom. The predicted molar refractivity (Wildman–Crippen MR) is 122 cm³/mol. The Morgan fingerprint density at radius 3 is 2.64 bits per heavy atom. The second-order valence-corrected chi connectivity index (χ2v) is 8.43. The van der Waals surface area contributed by atoms with Crippen molar-refractivity contribution in [3.8, 4) is 5.75 Å². The average molecular weight is 475 g/mol. The summed E-state index contributed by atoms with van der Waals surface area (Å²) < 4.78 is 46.2. The first-order chi connectivity index (χ1) is 15.6. The van der Waals surface area contributed by atoms with Crippen molar-refractivity contribution < 1.29 is 22.7 Å². The molecule has 0 aliphatic carbocycles. The van der Waals surface area contributed by atoms with Crippen LogP contribution in [0.5, 0.6) is 5.75 Å². The number of hydrogen-bond acceptors (Lipinski definition) is 6. The van der Waals surface area contributed by atoms with E-state index in [1.165, 1.54) is 16.9 Å². The zero-order valence-corrected chi connectivity index (χ0v) is 19.0. The van der Waals surface area contributed by atoms with Gasteiger partial charge >= 0.3 is 6.18 Å². The van der Waals surface area contributed by atoms with Gasteiger partial charge in [0.25, 0.3) is 5.91 Å². The monoisotopic (exact) mass is 475 g/mol. The molecule has 4 rings (SSSR count). The number of halogens is 3. The van der Waals surface area contributed by atoms with Gasteiger partial charge in [-0.3, -0.25) is 9.48 Å². The third-order valence-corrected chi connectivity index (χ3v) is 6.13. The van der Waals surface area contributed by atoms with Crippen LogP contribution in [0.4, 0.5) is 29.8 Å². The van der Waals surface area contributed by atoms with Gasteiger partial charge in [-0.2, -0.15) is 18.3 Å². The molecule has 0 bridgehead atoms. The molecule has 0 saturated heterocycles. The SMILES string of the molecule is COc1ccc(C)c(NC(=O)c2cnc(Nc3nn(C)c4ccc(C(F)(F)F)cc34)s2)c1C. The van der Waals surface area contributed by atoms with E-state index < -0.39 is 11.7 Å². The molecule has 0 radical (unpaired) electrons. The average Bonchev–Trinajstić information content (AvgIpc) is 3.35. The summed E-state index contributed by atoms with van der Waals surface area (Å²) in [5, 5.41) is 10.7. The number of amides is 1. The molecule has 11 heteroatoms. The summed E-state index contributed by atoms with van der Waals surface area (Å²) in [5.74, 6) is 0.521. The summed E-state index contributed by atoms with van der Waals surface area (Å²) in [6.07, 6.45) is -3.07. The minimum Gasteiger partial charge on any atom is -0.496 e. The van der Waals surface area contributed by atoms with Gasteiger partial charge in [0.2, 0.25) is 0 Å². The molecule has 0 aliphatic heterocycles. The number of methoxy groups -OCH3 is 1. The molecule has 7 nitrogen and oxygen atoms in total. The van der Waals surface area contributed by atoms with Crippen molar-refractivity contribution in [3.63, 3.8) is 0 Å². The number of aryl methyl sites for hydroxylation is 2. The lowest BCUT2D eigenvalue weighted by Gasteiger charge is -2.14. The number of nitrogens with one attached hydrogen (secondary N) is 2. The van der Waals surface area contributed by atoms with E-state index in [1.807, 2.05) is 26.0 Å². The maximum absolute atomic E-state index is 13.1. The first kappa shape index (κ1) is 22.6. The van der Waals surface area contributed by atoms with Gasteiger partial charge in [-0.25, -0.2) is 4.98 Å². The number of rotatable bonds is 5. The number of aromatic nitrogens is 3. The molecular weight excluding hydrogens is 455 g/mol. The normalized spacial score (nSPS) is 11.6. The number of fused-ring (bicyclic) bond motifs is 1. The number of thiazole rings is 1. The maximum Gasteiger partial charge on any atom is 0.416 e. The number of ether oxygens (including phenoxy) is 1. The van der Waals surface area contributed by atoms with E-state index in [1.54, 1.807) is 14.2 Å². The highest BCUT2D eigenvalue weighted by atomic mass is 32.1. The second-order valence-electron chi connectivity index (χ2n) is 7.40. The molecule has 4 aromatic rings. The Bertz CT molecular complexity index is 1360. The first-order valence-electron chi connectivity index (χ1n) is 9.81. The minimum atomic E-state index is -4.47. The van der Waals surface area contributed by atoms with Gasteiger partial charge in [0.15, 0.2) is 10.9 Å². The molecular formula is C22H20F3N5O2S. The summed E-state index contributed by atoms with van der Waals surface area (Å²) >= 11 is 1.07. The van der Waals surface area contributed by atoms with E-state index in [9.17, 15) is 18.0 Å². The highest BCUT2D eigenvalue weighted by molar-refractivity contribution is 7.17. The molecule has 0 unspecified atom stereocenters. The fourth-order valence-corrected chi connectivity index (χ4v) is 4.20. The van der Waals surface area contributed by atoms with Gasteiger partial charge in [0.05, 0.1) is 30.1 Å². The van der Waals surface area contributed by atoms with Crippen molar-refractivity contribution in [1.29, 1.82) is 0 Å². The Balaban J connectivity index is 1.59. The molecule has 1 amide bonds. The first-order valence-corrected chi connectivity index (χ1v) is 10.6. The number of nitrogens with zero attached hydrogens (tertiary/aromatic N) is 3. The van der Waals surface area contributed by atoms with Crippen LogP contribution in [0, 0.1) is 13.8 Å². The molecule has 2 aromatic heterocycles. The summed E-state index contributed by atoms with van der Waals surface area (Å²) in [5.41, 5.74) is 2.09. The maximum atomic E-state index is 13.1. The number of carbonyl (C=O) groups is 1. The van der Waals surface area contributed by atoms with Gasteiger partial charge in [-0.15, -0.1) is 0 Å². The molecule has 2 aromatic carbocycles. The molecule has 33 heavy (non-hydrogen) atoms. The lowest BCUT2D eigenvalue weighted by molar-refractivity contribution is -0.137. The van der Waals surface area contributed by atoms with E-state index in [-0.39, 0.29) is 11.7 Å². The predicted octanol–water partition coefficient (Wildman–Crippen LogP) is 5.67. The van der Waals surface area contributed by atoms with Gasteiger partial charge in [0, 0.05) is 18.0 Å². The van der Waals surface area contributed by atoms with Crippen LogP contribution in [-0.4, -0.2) is 27.8 Å². The standard InChI is InChI=1S/C22H20F3N5O2S/c1-11-5-8-16(32-4)12(2)18(11)27-20(31)17-10-26-21(33-17)28-19-14-9-13(22(23,24)25)6-7-15(14)30(3)29-19/h5-10H,1-4H3,(H,27,31)(H,26,28,29). The summed E-state index contributed by atoms with van der Waals surface area (Å²) in [4.78, 5) is 17.3. The number of carbonyl (C=O) groups excluding carboxylic acids is 1. The van der Waals surface area contributed by atoms with Gasteiger partial charge in [-0.05, 0) is 43.7 Å². The molecule has 0 atom stereocenters. The van der Waals surface area contributed by atoms with Crippen molar-refractivity contribution in [2.45, 2.75) is 20.0 Å². The van der Waals surface area contributed by atoms with Crippen molar-refractivity contribution in [2.24, 2.45) is 7.05 Å². The Labute approximate surface area is 191 Å². The topological polar surface area (TPSA) is 81.1 Å². The largest absolute Gasteiger partial charge is 0.496 e. The van der Waals surface area contributed by atoms with Crippen LogP contribution < -0.4 is 15.4 Å². The molecule has 0 fully saturated rings. The fraction of sp³-hybridized carbons (Fsp3) is 0.227. The molecule has 0 aliphatic rings. The van der Waals surface area contributed by atoms with Crippen LogP contribution in [0.3, 0.4) is 0 Å². The van der Waals surface area contributed by atoms with Crippen molar-refractivity contribution in [1.82, 2.24) is 14.8 Å². The van der Waals surface area contributed by atoms with Crippen LogP contribution >= 0.6 is 11.3 Å². The Kier molecular flexibility index (Phi) is 5.75. The lowest BCUT2D eigenvalue weighted by Crippen LogP contribution is -2.12. The zero-order valence-electron chi connectivity index (χ0n) is 18.2. The second kappa shape index (κ2) is 8.39. The third-order valence-electron chi connectivity index (χ3n) is 5.21. The van der Waals surface area contributed by atoms with Crippen LogP contribution in [-0.2, 0) is 13.2 Å². The van der Waals surface area contributed by atoms with Crippen molar-refractivity contribution >= 4 is 44.8 Å². The zero-order chi connectivity index (χ0) is 23.9. The Morgan fingerprint density at radius 1 is 1.18 bits per heavy atom. The van der Waals surface area contributed by atoms with Crippen LogP contribution in [0.2, 0.25) is 0 Å². The molecule has 2 N–H and O–H groups in total. The van der Waals surface area contributed by atoms with Crippen LogP contribution in [0.15, 0.2) is 36.5 Å². The van der Waals surface area contributed by atoms with Crippen molar-refractivity contribution in [2.75, 3.05) is 17.7 Å². The number of hydrogen-bond donors (Lipinski definition) is 2. The van der Waals surface area contributed by atoms with E-state index in [4.69, 9.17) is 4.74 Å². The molecule has 172 valence electrons. The highest BCUT2D eigenvalue weighted by Crippen LogP contribution is 2.35. The Hall–Kier alpha value is -3.60. The van der Waals surface area contributed by atoms with E-state index in [0.29, 0.717) is 32.3 Å². The third kappa shape index (κ3) is 4.36. The van der Waals surface area contributed by atoms with Gasteiger partial charge < -0.3 is 15.4 Å². The highest BCUT2D eigenvalue weighted by Gasteiger charge is 2.31. The minimum absolute atomic E-state index is 0.222. The summed E-state index contributed by atoms with van der Waals surface area (Å²) in [6.45, 7) is 3.73. The number of anilines is 3. The molecule has 0 spiro atoms. The lowest BCUT2D eigenvalue weighted by atomic mass is 10.1. The van der Waals surface area contributed by atoms with Gasteiger partial charge in [0.1, 0.15) is 10.6 Å². The number of alkyl halides is 3. The van der Waals surface area contributed by atoms with E-state index >= 15 is 0 Å². The van der Waals surface area contributed by atoms with Crippen LogP contribution in [0.25, 0.3) is 10.9 Å². The molecule has 2 heterocycles. The van der Waals surface area contributed by atoms with Crippen LogP contribution in [0.1, 0.15) is 26.4 Å². The van der Waals surface area contributed by atoms with E-state index in [0.717, 1.165) is 34.6 Å². The van der Waals surface area contributed by atoms with E-state index in [2.05, 4.69) is 20.7 Å². The van der Waals surface area contributed by atoms with Gasteiger partial charge in [-0.1, -0.05) is 17.4 Å².